The molecule has 7 nitrogen and oxygen atoms in total. The highest BCUT2D eigenvalue weighted by Gasteiger charge is 2.18. The molecule has 7 heteroatoms. The molecule has 1 rings (SSSR count). The quantitative estimate of drug-likeness (QED) is 0.578. The van der Waals surface area contributed by atoms with E-state index in [9.17, 15) is 14.4 Å². The first-order valence-corrected chi connectivity index (χ1v) is 5.46. The predicted octanol–water partition coefficient (Wildman–Crippen LogP) is 0.456. The first kappa shape index (κ1) is 14.7. The minimum atomic E-state index is -1.38. The third kappa shape index (κ3) is 4.40. The van der Waals surface area contributed by atoms with Gasteiger partial charge in [0.05, 0.1) is 6.61 Å². The van der Waals surface area contributed by atoms with E-state index in [0.717, 1.165) is 0 Å². The first-order valence-electron chi connectivity index (χ1n) is 5.46. The van der Waals surface area contributed by atoms with Crippen LogP contribution in [0.3, 0.4) is 0 Å². The van der Waals surface area contributed by atoms with Crippen molar-refractivity contribution in [1.82, 2.24) is 5.32 Å². The van der Waals surface area contributed by atoms with Crippen molar-refractivity contribution < 1.29 is 24.6 Å². The minimum absolute atomic E-state index is 0.150. The number of nitrogens with one attached hydrogen (secondary N) is 2. The van der Waals surface area contributed by atoms with Crippen LogP contribution in [-0.2, 0) is 4.79 Å². The number of anilines is 1. The summed E-state index contributed by atoms with van der Waals surface area (Å²) in [5.74, 6) is -1.49. The first-order chi connectivity index (χ1) is 8.93. The molecule has 102 valence electrons. The largest absolute Gasteiger partial charge is 0.480 e. The van der Waals surface area contributed by atoms with Gasteiger partial charge in [0.15, 0.2) is 11.8 Å². The molecule has 0 spiro atoms. The summed E-state index contributed by atoms with van der Waals surface area (Å²) in [6.45, 7) is 0.682. The molecular weight excluding hydrogens is 252 g/mol. The zero-order valence-corrected chi connectivity index (χ0v) is 10.2. The molecule has 1 aromatic rings. The van der Waals surface area contributed by atoms with Crippen LogP contribution in [0.15, 0.2) is 24.3 Å². The molecule has 0 fully saturated rings. The van der Waals surface area contributed by atoms with E-state index in [1.807, 2.05) is 0 Å². The molecule has 0 unspecified atom stereocenters. The highest BCUT2D eigenvalue weighted by atomic mass is 16.4. The molecule has 0 aliphatic rings. The average molecular weight is 266 g/mol. The van der Waals surface area contributed by atoms with Crippen LogP contribution in [0.5, 0.6) is 0 Å². The van der Waals surface area contributed by atoms with E-state index < -0.39 is 24.6 Å². The van der Waals surface area contributed by atoms with Crippen molar-refractivity contribution in [2.24, 2.45) is 0 Å². The topological polar surface area (TPSA) is 116 Å². The molecule has 0 bridgehead atoms. The smallest absolute Gasteiger partial charge is 0.328 e. The maximum Gasteiger partial charge on any atom is 0.328 e. The van der Waals surface area contributed by atoms with Crippen LogP contribution in [-0.4, -0.2) is 40.6 Å². The number of rotatable bonds is 5. The summed E-state index contributed by atoms with van der Waals surface area (Å²) in [6, 6.07) is 4.06. The van der Waals surface area contributed by atoms with Gasteiger partial charge in [0, 0.05) is 11.3 Å². The lowest BCUT2D eigenvalue weighted by Gasteiger charge is -2.12. The van der Waals surface area contributed by atoms with Crippen molar-refractivity contribution in [2.75, 3.05) is 11.9 Å². The lowest BCUT2D eigenvalue weighted by molar-refractivity contribution is -0.140. The number of carboxylic acids is 1. The fourth-order valence-corrected chi connectivity index (χ4v) is 1.33. The van der Waals surface area contributed by atoms with Crippen LogP contribution in [0.25, 0.3) is 0 Å². The molecule has 2 amide bonds. The van der Waals surface area contributed by atoms with E-state index in [4.69, 9.17) is 10.2 Å². The monoisotopic (exact) mass is 266 g/mol. The van der Waals surface area contributed by atoms with Gasteiger partial charge in [0.25, 0.3) is 0 Å². The summed E-state index contributed by atoms with van der Waals surface area (Å²) in [7, 11) is 0. The number of hydrogen-bond donors (Lipinski definition) is 4. The number of urea groups is 1. The molecule has 1 atom stereocenters. The summed E-state index contributed by atoms with van der Waals surface area (Å²) >= 11 is 0. The third-order valence-corrected chi connectivity index (χ3v) is 2.31. The van der Waals surface area contributed by atoms with E-state index >= 15 is 0 Å². The number of aliphatic carboxylic acids is 1. The van der Waals surface area contributed by atoms with Crippen LogP contribution in [0.1, 0.15) is 17.3 Å². The van der Waals surface area contributed by atoms with Gasteiger partial charge >= 0.3 is 12.0 Å². The zero-order chi connectivity index (χ0) is 14.4. The van der Waals surface area contributed by atoms with Gasteiger partial charge in [-0.1, -0.05) is 12.1 Å². The van der Waals surface area contributed by atoms with E-state index in [1.54, 1.807) is 18.2 Å². The molecule has 0 aliphatic heterocycles. The highest BCUT2D eigenvalue weighted by Crippen LogP contribution is 2.10. The number of carbonyl (C=O) groups excluding carboxylic acids is 2. The Morgan fingerprint density at radius 2 is 2.00 bits per heavy atom. The Kier molecular flexibility index (Phi) is 5.01. The van der Waals surface area contributed by atoms with Crippen LogP contribution < -0.4 is 10.6 Å². The Balaban J connectivity index is 2.69. The molecule has 4 N–H and O–H groups in total. The van der Waals surface area contributed by atoms with E-state index in [2.05, 4.69) is 10.6 Å². The van der Waals surface area contributed by atoms with Gasteiger partial charge in [0.1, 0.15) is 0 Å². The Bertz CT molecular complexity index is 501. The van der Waals surface area contributed by atoms with Gasteiger partial charge in [-0.3, -0.25) is 4.79 Å². The molecule has 0 aliphatic carbocycles. The second-order valence-corrected chi connectivity index (χ2v) is 3.81. The van der Waals surface area contributed by atoms with Gasteiger partial charge < -0.3 is 20.8 Å². The second-order valence-electron chi connectivity index (χ2n) is 3.81. The maximum atomic E-state index is 11.5. The number of amides is 2. The van der Waals surface area contributed by atoms with E-state index in [0.29, 0.717) is 11.3 Å². The molecule has 0 saturated carbocycles. The number of hydrogen-bond acceptors (Lipinski definition) is 4. The van der Waals surface area contributed by atoms with Crippen molar-refractivity contribution >= 4 is 23.5 Å². The van der Waals surface area contributed by atoms with E-state index in [1.165, 1.54) is 13.0 Å². The average Bonchev–Trinajstić information content (AvgIpc) is 2.35. The van der Waals surface area contributed by atoms with Gasteiger partial charge in [-0.2, -0.15) is 0 Å². The summed E-state index contributed by atoms with van der Waals surface area (Å²) in [5.41, 5.74) is 0.780. The molecule has 0 saturated heterocycles. The standard InChI is InChI=1S/C12H14N2O5/c1-7(16)8-3-2-4-9(5-8)13-12(19)14-10(6-15)11(17)18/h2-5,10,15H,6H2,1H3,(H,17,18)(H2,13,14,19)/t10-/m0/s1. The number of carboxylic acid groups (broad SMARTS) is 1. The number of ketones is 1. The van der Waals surface area contributed by atoms with Gasteiger partial charge in [-0.25, -0.2) is 9.59 Å². The number of benzene rings is 1. The van der Waals surface area contributed by atoms with Crippen molar-refractivity contribution in [1.29, 1.82) is 0 Å². The Morgan fingerprint density at radius 1 is 1.32 bits per heavy atom. The molecule has 1 aromatic carbocycles. The SMILES string of the molecule is CC(=O)c1cccc(NC(=O)N[C@@H](CO)C(=O)O)c1. The van der Waals surface area contributed by atoms with Gasteiger partial charge in [0.2, 0.25) is 0 Å². The summed E-state index contributed by atoms with van der Waals surface area (Å²) in [5, 5.41) is 21.9. The van der Waals surface area contributed by atoms with Crippen molar-refractivity contribution in [3.63, 3.8) is 0 Å². The summed E-state index contributed by atoms with van der Waals surface area (Å²) < 4.78 is 0. The molecule has 0 radical (unpaired) electrons. The van der Waals surface area contributed by atoms with Crippen LogP contribution >= 0.6 is 0 Å². The van der Waals surface area contributed by atoms with Crippen LogP contribution in [0.2, 0.25) is 0 Å². The van der Waals surface area contributed by atoms with Crippen molar-refractivity contribution in [2.45, 2.75) is 13.0 Å². The third-order valence-electron chi connectivity index (χ3n) is 2.31. The molecule has 0 aromatic heterocycles. The van der Waals surface area contributed by atoms with Gasteiger partial charge in [-0.15, -0.1) is 0 Å². The Morgan fingerprint density at radius 3 is 2.53 bits per heavy atom. The predicted molar refractivity (Wildman–Crippen MR) is 67.1 cm³/mol. The lowest BCUT2D eigenvalue weighted by Crippen LogP contribution is -2.45. The fraction of sp³-hybridized carbons (Fsp3) is 0.250. The van der Waals surface area contributed by atoms with Gasteiger partial charge in [-0.05, 0) is 19.1 Å². The number of carbonyl (C=O) groups is 3. The highest BCUT2D eigenvalue weighted by molar-refractivity contribution is 5.97. The molecular formula is C12H14N2O5. The maximum absolute atomic E-state index is 11.5. The van der Waals surface area contributed by atoms with Crippen LogP contribution in [0.4, 0.5) is 10.5 Å². The number of aliphatic hydroxyl groups excluding tert-OH is 1. The summed E-state index contributed by atoms with van der Waals surface area (Å²) in [4.78, 5) is 33.3. The minimum Gasteiger partial charge on any atom is -0.480 e. The summed E-state index contributed by atoms with van der Waals surface area (Å²) in [6.07, 6.45) is 0. The molecule has 19 heavy (non-hydrogen) atoms. The second kappa shape index (κ2) is 6.50. The Labute approximate surface area is 109 Å². The van der Waals surface area contributed by atoms with Crippen molar-refractivity contribution in [3.8, 4) is 0 Å². The number of Topliss-reactive ketones (excluding diaryl/α,β-unsaturated/α-hetero) is 1. The Hall–Kier alpha value is -2.41. The van der Waals surface area contributed by atoms with Crippen molar-refractivity contribution in [3.05, 3.63) is 29.8 Å². The number of aliphatic hydroxyl groups is 1. The fourth-order valence-electron chi connectivity index (χ4n) is 1.33. The lowest BCUT2D eigenvalue weighted by atomic mass is 10.1. The normalized spacial score (nSPS) is 11.5. The van der Waals surface area contributed by atoms with Crippen LogP contribution in [0, 0.1) is 0 Å². The molecule has 0 heterocycles. The van der Waals surface area contributed by atoms with E-state index in [-0.39, 0.29) is 5.78 Å². The zero-order valence-electron chi connectivity index (χ0n) is 10.2.